The Balaban J connectivity index is 1.22. The van der Waals surface area contributed by atoms with Crippen molar-refractivity contribution in [1.29, 1.82) is 0 Å². The zero-order valence-electron chi connectivity index (χ0n) is 16.7. The van der Waals surface area contributed by atoms with E-state index in [0.29, 0.717) is 17.7 Å². The lowest BCUT2D eigenvalue weighted by molar-refractivity contribution is -0.127. The van der Waals surface area contributed by atoms with Gasteiger partial charge in [-0.1, -0.05) is 36.3 Å². The van der Waals surface area contributed by atoms with Crippen LogP contribution >= 0.6 is 0 Å². The van der Waals surface area contributed by atoms with Crippen LogP contribution in [0.1, 0.15) is 44.2 Å². The van der Waals surface area contributed by atoms with Crippen LogP contribution in [0, 0.1) is 11.8 Å². The summed E-state index contributed by atoms with van der Waals surface area (Å²) in [6.45, 7) is 2.61. The van der Waals surface area contributed by atoms with Gasteiger partial charge in [-0.25, -0.2) is 0 Å². The molecule has 154 valence electrons. The fourth-order valence-electron chi connectivity index (χ4n) is 5.41. The quantitative estimate of drug-likeness (QED) is 0.812. The molecule has 29 heavy (non-hydrogen) atoms. The van der Waals surface area contributed by atoms with Crippen LogP contribution in [-0.4, -0.2) is 50.0 Å². The van der Waals surface area contributed by atoms with Crippen LogP contribution in [0.25, 0.3) is 0 Å². The van der Waals surface area contributed by atoms with Crippen LogP contribution in [-0.2, 0) is 16.9 Å². The Morgan fingerprint density at radius 3 is 2.76 bits per heavy atom. The largest absolute Gasteiger partial charge is 0.383 e. The predicted molar refractivity (Wildman–Crippen MR) is 109 cm³/mol. The molecule has 3 saturated heterocycles. The minimum Gasteiger partial charge on any atom is -0.383 e. The van der Waals surface area contributed by atoms with Crippen LogP contribution < -0.4 is 5.32 Å². The van der Waals surface area contributed by atoms with Gasteiger partial charge in [-0.15, -0.1) is 5.10 Å². The maximum Gasteiger partial charge on any atom is 0.229 e. The summed E-state index contributed by atoms with van der Waals surface area (Å²) in [7, 11) is 0. The topological polar surface area (TPSA) is 83.3 Å². The average Bonchev–Trinajstić information content (AvgIpc) is 3.39. The summed E-state index contributed by atoms with van der Waals surface area (Å²) in [5.74, 6) is 0.595. The van der Waals surface area contributed by atoms with Crippen LogP contribution in [0.5, 0.6) is 0 Å². The molecule has 1 saturated carbocycles. The molecule has 7 heteroatoms. The highest BCUT2D eigenvalue weighted by atomic mass is 16.3. The van der Waals surface area contributed by atoms with E-state index in [1.54, 1.807) is 0 Å². The standard InChI is InChI=1S/C22H29N5O2/c28-21(23-17-6-2-1-3-7-17)19-14-26-11-8-16(19)12-18(26)13-27-15-20(24-25-27)22(29)9-4-5-10-22/h1-3,6-7,15-16,18-19,29H,4-5,8-14H2,(H,23,28)/t16-,18-,19-/m1/s1. The van der Waals surface area contributed by atoms with Crippen molar-refractivity contribution in [2.24, 2.45) is 11.8 Å². The molecule has 7 nitrogen and oxygen atoms in total. The van der Waals surface area contributed by atoms with E-state index >= 15 is 0 Å². The van der Waals surface area contributed by atoms with Crippen molar-refractivity contribution in [2.75, 3.05) is 18.4 Å². The number of para-hydroxylation sites is 1. The van der Waals surface area contributed by atoms with Crippen LogP contribution in [0.3, 0.4) is 0 Å². The molecule has 6 rings (SSSR count). The van der Waals surface area contributed by atoms with E-state index in [0.717, 1.165) is 63.8 Å². The average molecular weight is 396 g/mol. The number of benzene rings is 1. The van der Waals surface area contributed by atoms with E-state index in [-0.39, 0.29) is 11.8 Å². The Kier molecular flexibility index (Phi) is 4.87. The van der Waals surface area contributed by atoms with E-state index in [1.165, 1.54) is 0 Å². The summed E-state index contributed by atoms with van der Waals surface area (Å²) < 4.78 is 1.88. The maximum atomic E-state index is 12.8. The summed E-state index contributed by atoms with van der Waals surface area (Å²) in [6, 6.07) is 10.1. The van der Waals surface area contributed by atoms with Crippen molar-refractivity contribution < 1.29 is 9.90 Å². The molecule has 3 aliphatic heterocycles. The molecular formula is C22H29N5O2. The molecule has 1 aliphatic carbocycles. The Bertz CT molecular complexity index is 861. The normalized spacial score (nSPS) is 30.4. The lowest BCUT2D eigenvalue weighted by Crippen LogP contribution is -2.57. The Labute approximate surface area is 171 Å². The number of nitrogens with one attached hydrogen (secondary N) is 1. The number of nitrogens with zero attached hydrogens (tertiary/aromatic N) is 4. The molecule has 1 aromatic carbocycles. The van der Waals surface area contributed by atoms with Crippen molar-refractivity contribution in [3.8, 4) is 0 Å². The molecule has 1 aromatic heterocycles. The monoisotopic (exact) mass is 395 g/mol. The van der Waals surface area contributed by atoms with Gasteiger partial charge < -0.3 is 10.4 Å². The van der Waals surface area contributed by atoms with Gasteiger partial charge in [0.15, 0.2) is 0 Å². The predicted octanol–water partition coefficient (Wildman–Crippen LogP) is 2.39. The second-order valence-corrected chi connectivity index (χ2v) is 8.96. The fourth-order valence-corrected chi connectivity index (χ4v) is 5.41. The number of anilines is 1. The van der Waals surface area contributed by atoms with Crippen molar-refractivity contribution in [3.63, 3.8) is 0 Å². The van der Waals surface area contributed by atoms with Gasteiger partial charge in [-0.05, 0) is 50.3 Å². The summed E-state index contributed by atoms with van der Waals surface area (Å²) in [5.41, 5.74) is 0.793. The van der Waals surface area contributed by atoms with E-state index in [1.807, 2.05) is 41.2 Å². The maximum absolute atomic E-state index is 12.8. The first-order chi connectivity index (χ1) is 14.1. The number of piperidine rings is 3. The number of amides is 1. The third kappa shape index (κ3) is 3.69. The fraction of sp³-hybridized carbons (Fsp3) is 0.591. The van der Waals surface area contributed by atoms with E-state index in [2.05, 4.69) is 20.5 Å². The molecule has 2 bridgehead atoms. The second kappa shape index (κ2) is 7.54. The lowest BCUT2D eigenvalue weighted by atomic mass is 9.75. The Morgan fingerprint density at radius 1 is 1.24 bits per heavy atom. The number of rotatable bonds is 5. The number of hydrogen-bond donors (Lipinski definition) is 2. The number of aromatic nitrogens is 3. The first-order valence-corrected chi connectivity index (χ1v) is 10.8. The van der Waals surface area contributed by atoms with Gasteiger partial charge in [-0.2, -0.15) is 0 Å². The Hall–Kier alpha value is -2.25. The number of carbonyl (C=O) groups excluding carboxylic acids is 1. The number of carbonyl (C=O) groups is 1. The van der Waals surface area contributed by atoms with Gasteiger partial charge in [0, 0.05) is 18.3 Å². The summed E-state index contributed by atoms with van der Waals surface area (Å²) in [5, 5.41) is 22.4. The molecule has 4 fully saturated rings. The van der Waals surface area contributed by atoms with Crippen molar-refractivity contribution >= 4 is 11.6 Å². The van der Waals surface area contributed by atoms with Crippen molar-refractivity contribution in [3.05, 3.63) is 42.2 Å². The molecule has 1 unspecified atom stereocenters. The van der Waals surface area contributed by atoms with Crippen molar-refractivity contribution in [2.45, 2.75) is 56.7 Å². The van der Waals surface area contributed by atoms with Gasteiger partial charge in [0.25, 0.3) is 0 Å². The molecule has 4 aliphatic rings. The first kappa shape index (κ1) is 18.8. The van der Waals surface area contributed by atoms with Gasteiger partial charge in [-0.3, -0.25) is 14.4 Å². The highest BCUT2D eigenvalue weighted by Gasteiger charge is 2.43. The lowest BCUT2D eigenvalue weighted by Gasteiger charge is -2.49. The molecular weight excluding hydrogens is 366 g/mol. The smallest absolute Gasteiger partial charge is 0.229 e. The van der Waals surface area contributed by atoms with Crippen LogP contribution in [0.15, 0.2) is 36.5 Å². The van der Waals surface area contributed by atoms with E-state index < -0.39 is 5.60 Å². The molecule has 4 heterocycles. The van der Waals surface area contributed by atoms with Gasteiger partial charge in [0.2, 0.25) is 5.91 Å². The zero-order chi connectivity index (χ0) is 19.8. The summed E-state index contributed by atoms with van der Waals surface area (Å²) in [4.78, 5) is 15.2. The van der Waals surface area contributed by atoms with Gasteiger partial charge in [0.05, 0.1) is 18.7 Å². The third-order valence-corrected chi connectivity index (χ3v) is 7.10. The molecule has 0 spiro atoms. The van der Waals surface area contributed by atoms with E-state index in [4.69, 9.17) is 0 Å². The second-order valence-electron chi connectivity index (χ2n) is 8.96. The molecule has 4 atom stereocenters. The van der Waals surface area contributed by atoms with Crippen LogP contribution in [0.2, 0.25) is 0 Å². The van der Waals surface area contributed by atoms with E-state index in [9.17, 15) is 9.90 Å². The van der Waals surface area contributed by atoms with Gasteiger partial charge >= 0.3 is 0 Å². The summed E-state index contributed by atoms with van der Waals surface area (Å²) >= 11 is 0. The van der Waals surface area contributed by atoms with Gasteiger partial charge in [0.1, 0.15) is 11.3 Å². The highest BCUT2D eigenvalue weighted by Crippen LogP contribution is 2.39. The number of hydrogen-bond acceptors (Lipinski definition) is 5. The SMILES string of the molecule is O=C(Nc1ccccc1)[C@@H]1CN2CC[C@@H]1C[C@@H]2Cn1cc(C2(O)CCCC2)nn1. The van der Waals surface area contributed by atoms with Crippen LogP contribution in [0.4, 0.5) is 5.69 Å². The first-order valence-electron chi connectivity index (χ1n) is 10.8. The molecule has 2 N–H and O–H groups in total. The number of fused-ring (bicyclic) bond motifs is 3. The molecule has 1 amide bonds. The summed E-state index contributed by atoms with van der Waals surface area (Å²) in [6.07, 6.45) is 7.66. The minimum atomic E-state index is -0.787. The van der Waals surface area contributed by atoms with Crippen molar-refractivity contribution in [1.82, 2.24) is 19.9 Å². The number of aliphatic hydroxyl groups is 1. The Morgan fingerprint density at radius 2 is 2.03 bits per heavy atom. The zero-order valence-corrected chi connectivity index (χ0v) is 16.7. The molecule has 2 aromatic rings. The minimum absolute atomic E-state index is 0.0470. The highest BCUT2D eigenvalue weighted by molar-refractivity contribution is 5.93. The molecule has 0 radical (unpaired) electrons. The third-order valence-electron chi connectivity index (χ3n) is 7.10.